The minimum absolute atomic E-state index is 0.110. The van der Waals surface area contributed by atoms with Crippen molar-refractivity contribution < 1.29 is 9.84 Å². The van der Waals surface area contributed by atoms with E-state index in [0.29, 0.717) is 6.42 Å². The molecule has 0 saturated carbocycles. The standard InChI is InChI=1S/C14H19BrO2/c1-14(2,3)8-10-7-12(16)11-6-9(15)4-5-13(11)17-10/h4-6,10,12,16H,7-8H2,1-3H3/t10?,12-/m1/s1. The topological polar surface area (TPSA) is 29.5 Å². The molecule has 0 aromatic heterocycles. The molecule has 1 N–H and O–H groups in total. The lowest BCUT2D eigenvalue weighted by Gasteiger charge is -2.33. The van der Waals surface area contributed by atoms with Gasteiger partial charge in [-0.05, 0) is 30.0 Å². The molecule has 0 bridgehead atoms. The Balaban J connectivity index is 2.19. The molecule has 0 saturated heterocycles. The molecule has 2 nitrogen and oxygen atoms in total. The van der Waals surface area contributed by atoms with Gasteiger partial charge in [0.25, 0.3) is 0 Å². The van der Waals surface area contributed by atoms with Gasteiger partial charge in [0.2, 0.25) is 0 Å². The molecular formula is C14H19BrO2. The maximum absolute atomic E-state index is 10.2. The number of rotatable bonds is 1. The Bertz CT molecular complexity index is 409. The van der Waals surface area contributed by atoms with E-state index in [1.54, 1.807) is 0 Å². The van der Waals surface area contributed by atoms with Crippen LogP contribution in [0.1, 0.15) is 45.3 Å². The lowest BCUT2D eigenvalue weighted by atomic mass is 9.85. The molecule has 2 rings (SSSR count). The van der Waals surface area contributed by atoms with Crippen molar-refractivity contribution in [2.45, 2.75) is 45.8 Å². The maximum Gasteiger partial charge on any atom is 0.125 e. The molecule has 1 unspecified atom stereocenters. The zero-order chi connectivity index (χ0) is 12.6. The molecule has 17 heavy (non-hydrogen) atoms. The average Bonchev–Trinajstić information content (AvgIpc) is 2.17. The second-order valence-electron chi connectivity index (χ2n) is 5.94. The van der Waals surface area contributed by atoms with Gasteiger partial charge in [-0.2, -0.15) is 0 Å². The number of halogens is 1. The summed E-state index contributed by atoms with van der Waals surface area (Å²) in [5.74, 6) is 0.821. The molecule has 0 radical (unpaired) electrons. The molecule has 1 aliphatic heterocycles. The molecule has 1 aromatic rings. The molecule has 2 atom stereocenters. The van der Waals surface area contributed by atoms with Crippen molar-refractivity contribution in [2.24, 2.45) is 5.41 Å². The molecule has 94 valence electrons. The first kappa shape index (κ1) is 12.9. The predicted octanol–water partition coefficient (Wildman–Crippen LogP) is 4.07. The van der Waals surface area contributed by atoms with Gasteiger partial charge in [-0.1, -0.05) is 36.7 Å². The van der Waals surface area contributed by atoms with Gasteiger partial charge in [-0.15, -0.1) is 0 Å². The van der Waals surface area contributed by atoms with Gasteiger partial charge in [0.05, 0.1) is 6.10 Å². The number of hydrogen-bond donors (Lipinski definition) is 1. The van der Waals surface area contributed by atoms with E-state index < -0.39 is 6.10 Å². The number of aliphatic hydroxyl groups is 1. The van der Waals surface area contributed by atoms with Crippen LogP contribution in [0.25, 0.3) is 0 Å². The number of fused-ring (bicyclic) bond motifs is 1. The van der Waals surface area contributed by atoms with Gasteiger partial charge in [-0.25, -0.2) is 0 Å². The SMILES string of the molecule is CC(C)(C)CC1C[C@@H](O)c2cc(Br)ccc2O1. The Hall–Kier alpha value is -0.540. The van der Waals surface area contributed by atoms with E-state index in [0.717, 1.165) is 22.2 Å². The first-order chi connectivity index (χ1) is 7.85. The van der Waals surface area contributed by atoms with Gasteiger partial charge in [-0.3, -0.25) is 0 Å². The fourth-order valence-corrected chi connectivity index (χ4v) is 2.68. The summed E-state index contributed by atoms with van der Waals surface area (Å²) in [5.41, 5.74) is 1.11. The van der Waals surface area contributed by atoms with E-state index in [9.17, 15) is 5.11 Å². The molecule has 1 aromatic carbocycles. The Morgan fingerprint density at radius 1 is 1.41 bits per heavy atom. The van der Waals surface area contributed by atoms with Crippen molar-refractivity contribution >= 4 is 15.9 Å². The molecule has 3 heteroatoms. The van der Waals surface area contributed by atoms with Gasteiger partial charge < -0.3 is 9.84 Å². The summed E-state index contributed by atoms with van der Waals surface area (Å²) < 4.78 is 6.93. The highest BCUT2D eigenvalue weighted by Gasteiger charge is 2.29. The molecular weight excluding hydrogens is 280 g/mol. The van der Waals surface area contributed by atoms with Crippen LogP contribution in [0, 0.1) is 5.41 Å². The van der Waals surface area contributed by atoms with E-state index in [1.165, 1.54) is 0 Å². The third-order valence-corrected chi connectivity index (χ3v) is 3.44. The van der Waals surface area contributed by atoms with Crippen LogP contribution >= 0.6 is 15.9 Å². The molecule has 1 aliphatic rings. The summed E-state index contributed by atoms with van der Waals surface area (Å²) in [6.07, 6.45) is 1.34. The summed E-state index contributed by atoms with van der Waals surface area (Å²) in [5, 5.41) is 10.2. The van der Waals surface area contributed by atoms with Crippen LogP contribution in [0.5, 0.6) is 5.75 Å². The summed E-state index contributed by atoms with van der Waals surface area (Å²) in [6, 6.07) is 5.82. The van der Waals surface area contributed by atoms with Crippen LogP contribution in [0.4, 0.5) is 0 Å². The van der Waals surface area contributed by atoms with E-state index in [2.05, 4.69) is 36.7 Å². The zero-order valence-corrected chi connectivity index (χ0v) is 12.1. The van der Waals surface area contributed by atoms with Crippen molar-refractivity contribution in [3.05, 3.63) is 28.2 Å². The predicted molar refractivity (Wildman–Crippen MR) is 72.2 cm³/mol. The van der Waals surface area contributed by atoms with E-state index in [-0.39, 0.29) is 11.5 Å². The minimum Gasteiger partial charge on any atom is -0.490 e. The average molecular weight is 299 g/mol. The number of hydrogen-bond acceptors (Lipinski definition) is 2. The lowest BCUT2D eigenvalue weighted by molar-refractivity contribution is 0.0447. The van der Waals surface area contributed by atoms with E-state index in [1.807, 2.05) is 18.2 Å². The second-order valence-corrected chi connectivity index (χ2v) is 6.85. The lowest BCUT2D eigenvalue weighted by Crippen LogP contribution is -2.29. The molecule has 0 spiro atoms. The normalized spacial score (nSPS) is 24.1. The van der Waals surface area contributed by atoms with Crippen LogP contribution in [0.2, 0.25) is 0 Å². The van der Waals surface area contributed by atoms with Gasteiger partial charge in [0.15, 0.2) is 0 Å². The quantitative estimate of drug-likeness (QED) is 0.847. The summed E-state index contributed by atoms with van der Waals surface area (Å²) >= 11 is 3.42. The largest absolute Gasteiger partial charge is 0.490 e. The highest BCUT2D eigenvalue weighted by molar-refractivity contribution is 9.10. The third-order valence-electron chi connectivity index (χ3n) is 2.95. The molecule has 0 amide bonds. The van der Waals surface area contributed by atoms with Crippen molar-refractivity contribution in [2.75, 3.05) is 0 Å². The second kappa shape index (κ2) is 4.62. The summed E-state index contributed by atoms with van der Waals surface area (Å²) in [7, 11) is 0. The Kier molecular flexibility index (Phi) is 3.50. The monoisotopic (exact) mass is 298 g/mol. The van der Waals surface area contributed by atoms with E-state index in [4.69, 9.17) is 4.74 Å². The fourth-order valence-electron chi connectivity index (χ4n) is 2.30. The number of benzene rings is 1. The summed E-state index contributed by atoms with van der Waals surface area (Å²) in [6.45, 7) is 6.58. The highest BCUT2D eigenvalue weighted by atomic mass is 79.9. The first-order valence-corrected chi connectivity index (χ1v) is 6.79. The Labute approximate surface area is 111 Å². The third kappa shape index (κ3) is 3.23. The van der Waals surface area contributed by atoms with Crippen molar-refractivity contribution in [1.29, 1.82) is 0 Å². The number of ether oxygens (including phenoxy) is 1. The van der Waals surface area contributed by atoms with Crippen molar-refractivity contribution in [3.63, 3.8) is 0 Å². The highest BCUT2D eigenvalue weighted by Crippen LogP contribution is 2.39. The fraction of sp³-hybridized carbons (Fsp3) is 0.571. The minimum atomic E-state index is -0.413. The van der Waals surface area contributed by atoms with Gasteiger partial charge >= 0.3 is 0 Å². The van der Waals surface area contributed by atoms with Gasteiger partial charge in [0, 0.05) is 16.5 Å². The van der Waals surface area contributed by atoms with Crippen LogP contribution in [-0.2, 0) is 0 Å². The van der Waals surface area contributed by atoms with Crippen LogP contribution < -0.4 is 4.74 Å². The maximum atomic E-state index is 10.2. The van der Waals surface area contributed by atoms with Crippen LogP contribution in [-0.4, -0.2) is 11.2 Å². The van der Waals surface area contributed by atoms with E-state index >= 15 is 0 Å². The summed E-state index contributed by atoms with van der Waals surface area (Å²) in [4.78, 5) is 0. The van der Waals surface area contributed by atoms with Crippen LogP contribution in [0.15, 0.2) is 22.7 Å². The zero-order valence-electron chi connectivity index (χ0n) is 10.5. The van der Waals surface area contributed by atoms with Gasteiger partial charge in [0.1, 0.15) is 11.9 Å². The first-order valence-electron chi connectivity index (χ1n) is 5.99. The van der Waals surface area contributed by atoms with Crippen molar-refractivity contribution in [1.82, 2.24) is 0 Å². The Morgan fingerprint density at radius 2 is 2.12 bits per heavy atom. The van der Waals surface area contributed by atoms with Crippen LogP contribution in [0.3, 0.4) is 0 Å². The Morgan fingerprint density at radius 3 is 2.76 bits per heavy atom. The molecule has 1 heterocycles. The molecule has 0 aliphatic carbocycles. The van der Waals surface area contributed by atoms with Crippen molar-refractivity contribution in [3.8, 4) is 5.75 Å². The number of aliphatic hydroxyl groups excluding tert-OH is 1. The molecule has 0 fully saturated rings. The smallest absolute Gasteiger partial charge is 0.125 e.